The number of anilines is 2. The number of nitrogens with one attached hydrogen (secondary N) is 2. The summed E-state index contributed by atoms with van der Waals surface area (Å²) in [5.74, 6) is -0.607. The number of benzene rings is 1. The normalized spacial score (nSPS) is 17.8. The third-order valence-electron chi connectivity index (χ3n) is 4.96. The fourth-order valence-electron chi connectivity index (χ4n) is 3.25. The molecular weight excluding hydrogens is 462 g/mol. The molecule has 1 amide bonds. The summed E-state index contributed by atoms with van der Waals surface area (Å²) in [6.45, 7) is 2.01. The van der Waals surface area contributed by atoms with Crippen LogP contribution in [0.15, 0.2) is 39.9 Å². The molecule has 3 rings (SSSR count). The Kier molecular flexibility index (Phi) is 7.24. The van der Waals surface area contributed by atoms with Gasteiger partial charge in [-0.2, -0.15) is 4.31 Å². The van der Waals surface area contributed by atoms with Crippen LogP contribution in [0.4, 0.5) is 11.4 Å². The van der Waals surface area contributed by atoms with Crippen LogP contribution in [0.25, 0.3) is 0 Å². The second-order valence-corrected chi connectivity index (χ2v) is 12.2. The van der Waals surface area contributed by atoms with E-state index in [1.807, 2.05) is 0 Å². The fourth-order valence-corrected chi connectivity index (χ4v) is 6.57. The van der Waals surface area contributed by atoms with Crippen molar-refractivity contribution in [2.24, 2.45) is 5.92 Å². The summed E-state index contributed by atoms with van der Waals surface area (Å²) in [6, 6.07) is 7.84. The van der Waals surface area contributed by atoms with E-state index < -0.39 is 26.0 Å². The minimum Gasteiger partial charge on any atom is -0.494 e. The van der Waals surface area contributed by atoms with E-state index in [9.17, 15) is 21.6 Å². The zero-order valence-corrected chi connectivity index (χ0v) is 19.6. The highest BCUT2D eigenvalue weighted by molar-refractivity contribution is 7.92. The van der Waals surface area contributed by atoms with Gasteiger partial charge in [-0.3, -0.25) is 9.52 Å². The Bertz CT molecular complexity index is 1130. The first-order chi connectivity index (χ1) is 14.7. The number of hydrogen-bond acceptors (Lipinski definition) is 7. The maximum absolute atomic E-state index is 12.8. The zero-order valence-electron chi connectivity index (χ0n) is 17.2. The zero-order chi connectivity index (χ0) is 22.6. The summed E-state index contributed by atoms with van der Waals surface area (Å²) in [7, 11) is -5.68. The lowest BCUT2D eigenvalue weighted by Crippen LogP contribution is -2.43. The van der Waals surface area contributed by atoms with Crippen LogP contribution in [-0.2, 0) is 24.8 Å². The number of rotatable bonds is 8. The summed E-state index contributed by atoms with van der Waals surface area (Å²) in [5.41, 5.74) is 0.702. The molecular formula is C19H25N3O6S3. The van der Waals surface area contributed by atoms with E-state index in [0.29, 0.717) is 25.1 Å². The van der Waals surface area contributed by atoms with Crippen LogP contribution in [0.3, 0.4) is 0 Å². The highest BCUT2D eigenvalue weighted by Crippen LogP contribution is 2.30. The van der Waals surface area contributed by atoms with E-state index in [0.717, 1.165) is 11.3 Å². The number of nitrogens with zero attached hydrogens (tertiary/aromatic N) is 1. The molecule has 2 heterocycles. The average Bonchev–Trinajstić information content (AvgIpc) is 3.30. The molecule has 1 aliphatic heterocycles. The Morgan fingerprint density at radius 2 is 2.03 bits per heavy atom. The molecule has 1 aliphatic rings. The smallest absolute Gasteiger partial charge is 0.252 e. The molecule has 2 N–H and O–H groups in total. The number of carbonyl (C=O) groups excluding carboxylic acids is 1. The van der Waals surface area contributed by atoms with Crippen LogP contribution >= 0.6 is 11.3 Å². The fraction of sp³-hybridized carbons (Fsp3) is 0.421. The summed E-state index contributed by atoms with van der Waals surface area (Å²) in [6.07, 6.45) is 1.16. The lowest BCUT2D eigenvalue weighted by molar-refractivity contribution is -0.120. The van der Waals surface area contributed by atoms with Crippen molar-refractivity contribution < 1.29 is 26.4 Å². The molecule has 0 radical (unpaired) electrons. The van der Waals surface area contributed by atoms with E-state index in [1.165, 1.54) is 30.5 Å². The average molecular weight is 488 g/mol. The van der Waals surface area contributed by atoms with Crippen molar-refractivity contribution in [2.45, 2.75) is 24.0 Å². The van der Waals surface area contributed by atoms with E-state index >= 15 is 0 Å². The summed E-state index contributed by atoms with van der Waals surface area (Å²) >= 11 is 1.15. The number of carbonyl (C=O) groups is 1. The SMILES string of the molecule is CCS(=O)(=O)Nc1ccc(NC(=O)C2CCCN(S(=O)(=O)c3cccs3)C2)cc1OC. The van der Waals surface area contributed by atoms with Gasteiger partial charge in [0.15, 0.2) is 0 Å². The molecule has 12 heteroatoms. The van der Waals surface area contributed by atoms with Crippen molar-refractivity contribution in [1.29, 1.82) is 0 Å². The van der Waals surface area contributed by atoms with Crippen LogP contribution in [0, 0.1) is 5.92 Å². The quantitative estimate of drug-likeness (QED) is 0.590. The van der Waals surface area contributed by atoms with Crippen LogP contribution in [0.1, 0.15) is 19.8 Å². The third-order valence-corrected chi connectivity index (χ3v) is 9.49. The van der Waals surface area contributed by atoms with Gasteiger partial charge in [-0.25, -0.2) is 16.8 Å². The standard InChI is InChI=1S/C19H25N3O6S3/c1-3-30(24,25)21-16-9-8-15(12-17(16)28-2)20-19(23)14-6-4-10-22(13-14)31(26,27)18-7-5-11-29-18/h5,7-9,11-12,14,21H,3-4,6,10,13H2,1-2H3,(H,20,23). The number of amides is 1. The lowest BCUT2D eigenvalue weighted by Gasteiger charge is -2.30. The van der Waals surface area contributed by atoms with E-state index in [-0.39, 0.29) is 33.9 Å². The van der Waals surface area contributed by atoms with Gasteiger partial charge in [0.1, 0.15) is 9.96 Å². The van der Waals surface area contributed by atoms with Crippen molar-refractivity contribution in [3.63, 3.8) is 0 Å². The van der Waals surface area contributed by atoms with Gasteiger partial charge >= 0.3 is 0 Å². The van der Waals surface area contributed by atoms with Crippen LogP contribution in [-0.4, -0.2) is 53.0 Å². The number of hydrogen-bond donors (Lipinski definition) is 2. The minimum absolute atomic E-state index is 0.0821. The van der Waals surface area contributed by atoms with Gasteiger partial charge in [0.25, 0.3) is 10.0 Å². The Balaban J connectivity index is 1.71. The molecule has 1 atom stereocenters. The van der Waals surface area contributed by atoms with Crippen molar-refractivity contribution in [3.8, 4) is 5.75 Å². The topological polar surface area (TPSA) is 122 Å². The third kappa shape index (κ3) is 5.56. The number of methoxy groups -OCH3 is 1. The van der Waals surface area contributed by atoms with Crippen molar-refractivity contribution in [1.82, 2.24) is 4.31 Å². The van der Waals surface area contributed by atoms with Gasteiger partial charge < -0.3 is 10.1 Å². The second kappa shape index (κ2) is 9.55. The van der Waals surface area contributed by atoms with Crippen molar-refractivity contribution >= 4 is 48.7 Å². The first kappa shape index (κ1) is 23.5. The Morgan fingerprint density at radius 3 is 2.68 bits per heavy atom. The first-order valence-corrected chi connectivity index (χ1v) is 13.7. The van der Waals surface area contributed by atoms with Gasteiger partial charge in [0, 0.05) is 24.8 Å². The van der Waals surface area contributed by atoms with Crippen LogP contribution in [0.2, 0.25) is 0 Å². The molecule has 2 aromatic rings. The van der Waals surface area contributed by atoms with Crippen LogP contribution in [0.5, 0.6) is 5.75 Å². The maximum atomic E-state index is 12.8. The molecule has 1 fully saturated rings. The van der Waals surface area contributed by atoms with E-state index in [2.05, 4.69) is 10.0 Å². The molecule has 1 aromatic heterocycles. The van der Waals surface area contributed by atoms with Crippen LogP contribution < -0.4 is 14.8 Å². The predicted molar refractivity (Wildman–Crippen MR) is 121 cm³/mol. The largest absolute Gasteiger partial charge is 0.494 e. The molecule has 1 aromatic carbocycles. The highest BCUT2D eigenvalue weighted by Gasteiger charge is 2.33. The Labute approximate surface area is 186 Å². The number of piperidine rings is 1. The Hall–Kier alpha value is -2.15. The Morgan fingerprint density at radius 1 is 1.26 bits per heavy atom. The minimum atomic E-state index is -3.61. The summed E-state index contributed by atoms with van der Waals surface area (Å²) in [4.78, 5) is 12.8. The van der Waals surface area contributed by atoms with Gasteiger partial charge in [-0.05, 0) is 43.3 Å². The number of thiophene rings is 1. The highest BCUT2D eigenvalue weighted by atomic mass is 32.2. The first-order valence-electron chi connectivity index (χ1n) is 9.69. The molecule has 31 heavy (non-hydrogen) atoms. The van der Waals surface area contributed by atoms with Gasteiger partial charge in [-0.1, -0.05) is 6.07 Å². The second-order valence-electron chi connectivity index (χ2n) is 7.04. The monoisotopic (exact) mass is 487 g/mol. The summed E-state index contributed by atoms with van der Waals surface area (Å²) in [5, 5.41) is 4.49. The molecule has 170 valence electrons. The lowest BCUT2D eigenvalue weighted by atomic mass is 9.98. The van der Waals surface area contributed by atoms with Gasteiger partial charge in [-0.15, -0.1) is 11.3 Å². The van der Waals surface area contributed by atoms with Gasteiger partial charge in [0.2, 0.25) is 15.9 Å². The predicted octanol–water partition coefficient (Wildman–Crippen LogP) is 2.56. The van der Waals surface area contributed by atoms with E-state index in [4.69, 9.17) is 4.74 Å². The molecule has 9 nitrogen and oxygen atoms in total. The summed E-state index contributed by atoms with van der Waals surface area (Å²) < 4.78 is 58.5. The molecule has 0 spiro atoms. The molecule has 1 saturated heterocycles. The van der Waals surface area contributed by atoms with Crippen molar-refractivity contribution in [2.75, 3.05) is 36.0 Å². The van der Waals surface area contributed by atoms with E-state index in [1.54, 1.807) is 23.6 Å². The maximum Gasteiger partial charge on any atom is 0.252 e. The van der Waals surface area contributed by atoms with Gasteiger partial charge in [0.05, 0.1) is 24.5 Å². The van der Waals surface area contributed by atoms with Crippen molar-refractivity contribution in [3.05, 3.63) is 35.7 Å². The number of ether oxygens (including phenoxy) is 1. The molecule has 0 saturated carbocycles. The molecule has 0 aliphatic carbocycles. The number of sulfonamides is 2. The molecule has 0 bridgehead atoms. The molecule has 1 unspecified atom stereocenters.